The van der Waals surface area contributed by atoms with Crippen LogP contribution >= 0.6 is 0 Å². The molecule has 0 bridgehead atoms. The van der Waals surface area contributed by atoms with Crippen LogP contribution in [0.1, 0.15) is 32.2 Å². The van der Waals surface area contributed by atoms with Crippen molar-refractivity contribution < 1.29 is 18.4 Å². The predicted molar refractivity (Wildman–Crippen MR) is 121 cm³/mol. The molecule has 6 heteroatoms. The Morgan fingerprint density at radius 2 is 1.53 bits per heavy atom. The quantitative estimate of drug-likeness (QED) is 0.395. The van der Waals surface area contributed by atoms with Gasteiger partial charge < -0.3 is 14.2 Å². The first-order valence-electron chi connectivity index (χ1n) is 9.99. The highest BCUT2D eigenvalue weighted by molar-refractivity contribution is 6.18. The zero-order chi connectivity index (χ0) is 22.2. The van der Waals surface area contributed by atoms with Gasteiger partial charge in [0, 0.05) is 17.0 Å². The summed E-state index contributed by atoms with van der Waals surface area (Å²) >= 11 is 0. The first kappa shape index (κ1) is 19.5. The van der Waals surface area contributed by atoms with E-state index < -0.39 is 5.91 Å². The molecule has 2 heterocycles. The van der Waals surface area contributed by atoms with Crippen molar-refractivity contribution in [3.8, 4) is 0 Å². The van der Waals surface area contributed by atoms with Gasteiger partial charge in [-0.15, -0.1) is 0 Å². The van der Waals surface area contributed by atoms with Gasteiger partial charge in [0.25, 0.3) is 5.91 Å². The zero-order valence-corrected chi connectivity index (χ0v) is 17.0. The fourth-order valence-electron chi connectivity index (χ4n) is 3.66. The predicted octanol–water partition coefficient (Wildman–Crippen LogP) is 5.33. The second-order valence-electron chi connectivity index (χ2n) is 7.38. The molecule has 0 spiro atoms. The highest BCUT2D eigenvalue weighted by Gasteiger charge is 2.24. The summed E-state index contributed by atoms with van der Waals surface area (Å²) in [6.45, 7) is 1.80. The minimum Gasteiger partial charge on any atom is -0.450 e. The van der Waals surface area contributed by atoms with Crippen molar-refractivity contribution in [1.29, 1.82) is 0 Å². The Labute approximate surface area is 182 Å². The number of carbonyl (C=O) groups is 2. The number of rotatable bonds is 4. The summed E-state index contributed by atoms with van der Waals surface area (Å²) in [4.78, 5) is 38.7. The van der Waals surface area contributed by atoms with E-state index in [-0.39, 0.29) is 28.4 Å². The fraction of sp³-hybridized carbons (Fsp3) is 0.0385. The molecule has 1 N–H and O–H groups in total. The van der Waals surface area contributed by atoms with Crippen LogP contribution in [0.15, 0.2) is 92.5 Å². The van der Waals surface area contributed by atoms with Crippen LogP contribution in [0.25, 0.3) is 21.9 Å². The van der Waals surface area contributed by atoms with Gasteiger partial charge in [0.1, 0.15) is 11.2 Å². The van der Waals surface area contributed by atoms with Crippen LogP contribution in [0, 0.1) is 6.92 Å². The maximum absolute atomic E-state index is 13.1. The van der Waals surface area contributed by atoms with Gasteiger partial charge in [-0.05, 0) is 30.7 Å². The van der Waals surface area contributed by atoms with Crippen LogP contribution in [0.2, 0.25) is 0 Å². The number of benzene rings is 3. The van der Waals surface area contributed by atoms with Crippen molar-refractivity contribution in [2.45, 2.75) is 6.92 Å². The molecule has 5 rings (SSSR count). The normalized spacial score (nSPS) is 11.0. The SMILES string of the molecule is Cc1cccc2c(=O)cc(C(=O)Nc3c(C(=O)c4ccccc4)oc4ccccc34)oc12. The summed E-state index contributed by atoms with van der Waals surface area (Å²) < 4.78 is 11.6. The Morgan fingerprint density at radius 1 is 0.812 bits per heavy atom. The number of hydrogen-bond acceptors (Lipinski definition) is 5. The van der Waals surface area contributed by atoms with Gasteiger partial charge in [0.15, 0.2) is 16.9 Å². The van der Waals surface area contributed by atoms with Gasteiger partial charge in [-0.25, -0.2) is 0 Å². The Balaban J connectivity index is 1.61. The number of para-hydroxylation sites is 2. The summed E-state index contributed by atoms with van der Waals surface area (Å²) in [5, 5.41) is 3.69. The molecule has 156 valence electrons. The Bertz CT molecular complexity index is 1560. The van der Waals surface area contributed by atoms with E-state index in [1.54, 1.807) is 73.7 Å². The van der Waals surface area contributed by atoms with Crippen LogP contribution < -0.4 is 10.7 Å². The first-order valence-corrected chi connectivity index (χ1v) is 9.99. The van der Waals surface area contributed by atoms with Gasteiger partial charge in [-0.2, -0.15) is 0 Å². The molecule has 0 atom stereocenters. The van der Waals surface area contributed by atoms with Crippen molar-refractivity contribution in [2.24, 2.45) is 0 Å². The maximum Gasteiger partial charge on any atom is 0.291 e. The second kappa shape index (κ2) is 7.67. The summed E-state index contributed by atoms with van der Waals surface area (Å²) in [6, 6.07) is 22.0. The molecule has 0 aliphatic rings. The lowest BCUT2D eigenvalue weighted by Gasteiger charge is -2.07. The molecule has 0 radical (unpaired) electrons. The molecule has 0 aliphatic carbocycles. The van der Waals surface area contributed by atoms with Crippen molar-refractivity contribution >= 4 is 39.3 Å². The molecular weight excluding hydrogens is 406 g/mol. The van der Waals surface area contributed by atoms with E-state index in [9.17, 15) is 14.4 Å². The van der Waals surface area contributed by atoms with Crippen molar-refractivity contribution in [3.63, 3.8) is 0 Å². The molecule has 0 unspecified atom stereocenters. The van der Waals surface area contributed by atoms with E-state index >= 15 is 0 Å². The van der Waals surface area contributed by atoms with Gasteiger partial charge in [-0.3, -0.25) is 14.4 Å². The third-order valence-electron chi connectivity index (χ3n) is 5.25. The minimum absolute atomic E-state index is 0.00469. The van der Waals surface area contributed by atoms with Crippen molar-refractivity contribution in [2.75, 3.05) is 5.32 Å². The molecule has 0 saturated heterocycles. The van der Waals surface area contributed by atoms with Crippen LogP contribution in [-0.2, 0) is 0 Å². The molecule has 0 aliphatic heterocycles. The summed E-state index contributed by atoms with van der Waals surface area (Å²) in [5.41, 5.74) is 1.88. The van der Waals surface area contributed by atoms with Gasteiger partial charge in [0.2, 0.25) is 5.78 Å². The van der Waals surface area contributed by atoms with E-state index in [0.29, 0.717) is 27.5 Å². The number of amides is 1. The monoisotopic (exact) mass is 423 g/mol. The van der Waals surface area contributed by atoms with Crippen molar-refractivity contribution in [1.82, 2.24) is 0 Å². The number of nitrogens with one attached hydrogen (secondary N) is 1. The smallest absolute Gasteiger partial charge is 0.291 e. The molecule has 2 aromatic heterocycles. The van der Waals surface area contributed by atoms with Crippen molar-refractivity contribution in [3.05, 3.63) is 112 Å². The lowest BCUT2D eigenvalue weighted by molar-refractivity contribution is 0.0997. The van der Waals surface area contributed by atoms with E-state index in [4.69, 9.17) is 8.83 Å². The average Bonchev–Trinajstić information content (AvgIpc) is 3.18. The molecule has 6 nitrogen and oxygen atoms in total. The number of carbonyl (C=O) groups excluding carboxylic acids is 2. The second-order valence-corrected chi connectivity index (χ2v) is 7.38. The average molecular weight is 423 g/mol. The largest absolute Gasteiger partial charge is 0.450 e. The molecule has 32 heavy (non-hydrogen) atoms. The van der Waals surface area contributed by atoms with Crippen LogP contribution in [0.4, 0.5) is 5.69 Å². The number of aryl methyl sites for hydroxylation is 1. The highest BCUT2D eigenvalue weighted by Crippen LogP contribution is 2.33. The lowest BCUT2D eigenvalue weighted by atomic mass is 10.1. The number of fused-ring (bicyclic) bond motifs is 2. The van der Waals surface area contributed by atoms with Crippen LogP contribution in [-0.4, -0.2) is 11.7 Å². The van der Waals surface area contributed by atoms with Crippen LogP contribution in [0.3, 0.4) is 0 Å². The third kappa shape index (κ3) is 3.28. The van der Waals surface area contributed by atoms with Gasteiger partial charge >= 0.3 is 0 Å². The zero-order valence-electron chi connectivity index (χ0n) is 17.0. The van der Waals surface area contributed by atoms with E-state index in [1.165, 1.54) is 0 Å². The standard InChI is InChI=1S/C26H17NO5/c1-15-8-7-12-17-19(28)14-21(32-24(15)17)26(30)27-22-18-11-5-6-13-20(18)31-25(22)23(29)16-9-3-2-4-10-16/h2-14H,1H3,(H,27,30). The van der Waals surface area contributed by atoms with E-state index in [1.807, 2.05) is 6.07 Å². The molecule has 0 saturated carbocycles. The van der Waals surface area contributed by atoms with Crippen LogP contribution in [0.5, 0.6) is 0 Å². The molecule has 1 amide bonds. The first-order chi connectivity index (χ1) is 15.5. The lowest BCUT2D eigenvalue weighted by Crippen LogP contribution is -2.16. The third-order valence-corrected chi connectivity index (χ3v) is 5.25. The number of ketones is 1. The summed E-state index contributed by atoms with van der Waals surface area (Å²) in [6.07, 6.45) is 0. The highest BCUT2D eigenvalue weighted by atomic mass is 16.4. The van der Waals surface area contributed by atoms with E-state index in [2.05, 4.69) is 5.32 Å². The Morgan fingerprint density at radius 3 is 2.34 bits per heavy atom. The van der Waals surface area contributed by atoms with E-state index in [0.717, 1.165) is 11.6 Å². The molecule has 3 aromatic carbocycles. The van der Waals surface area contributed by atoms with Gasteiger partial charge in [0.05, 0.1) is 11.1 Å². The summed E-state index contributed by atoms with van der Waals surface area (Å²) in [5.74, 6) is -1.17. The number of anilines is 1. The molecule has 0 fully saturated rings. The molecular formula is C26H17NO5. The Hall–Kier alpha value is -4.45. The molecule has 5 aromatic rings. The number of furan rings is 1. The topological polar surface area (TPSA) is 89.5 Å². The fourth-order valence-corrected chi connectivity index (χ4v) is 3.66. The Kier molecular flexibility index (Phi) is 4.67. The van der Waals surface area contributed by atoms with Gasteiger partial charge in [-0.1, -0.05) is 54.6 Å². The minimum atomic E-state index is -0.652. The maximum atomic E-state index is 13.1. The number of hydrogen-bond donors (Lipinski definition) is 1. The summed E-state index contributed by atoms with van der Waals surface area (Å²) in [7, 11) is 0.